The van der Waals surface area contributed by atoms with Gasteiger partial charge in [-0.3, -0.25) is 0 Å². The first-order valence-corrected chi connectivity index (χ1v) is 29.8. The second kappa shape index (κ2) is 27.4. The summed E-state index contributed by atoms with van der Waals surface area (Å²) in [6.07, 6.45) is 38.8. The lowest BCUT2D eigenvalue weighted by Gasteiger charge is -2.61. The van der Waals surface area contributed by atoms with Gasteiger partial charge in [0.25, 0.3) is 0 Å². The van der Waals surface area contributed by atoms with Crippen LogP contribution in [0.2, 0.25) is 19.1 Å². The molecule has 0 amide bonds. The van der Waals surface area contributed by atoms with Crippen molar-refractivity contribution in [2.75, 3.05) is 40.0 Å². The number of nitrogens with zero attached hydrogens (tertiary/aromatic N) is 1. The van der Waals surface area contributed by atoms with Crippen LogP contribution in [-0.4, -0.2) is 70.7 Å². The van der Waals surface area contributed by atoms with E-state index in [1.807, 2.05) is 7.11 Å². The molecule has 59 heavy (non-hydrogen) atoms. The van der Waals surface area contributed by atoms with E-state index in [9.17, 15) is 5.11 Å². The number of fused-ring (bicyclic) bond motifs is 5. The van der Waals surface area contributed by atoms with Crippen molar-refractivity contribution in [3.05, 3.63) is 0 Å². The van der Waals surface area contributed by atoms with E-state index < -0.39 is 8.32 Å². The molecule has 6 heteroatoms. The molecule has 4 fully saturated rings. The third kappa shape index (κ3) is 16.2. The molecular weight excluding hydrogens is 743 g/mol. The highest BCUT2D eigenvalue weighted by Gasteiger charge is 2.60. The fourth-order valence-electron chi connectivity index (χ4n) is 13.9. The summed E-state index contributed by atoms with van der Waals surface area (Å²) in [5, 5.41) is 9.58. The van der Waals surface area contributed by atoms with Gasteiger partial charge in [-0.2, -0.15) is 0 Å². The van der Waals surface area contributed by atoms with Gasteiger partial charge in [-0.15, -0.1) is 0 Å². The molecule has 4 aliphatic carbocycles. The third-order valence-corrected chi connectivity index (χ3v) is 20.0. The van der Waals surface area contributed by atoms with Crippen LogP contribution >= 0.6 is 0 Å². The molecule has 4 saturated carbocycles. The van der Waals surface area contributed by atoms with E-state index in [4.69, 9.17) is 13.9 Å². The minimum Gasteiger partial charge on any atom is -0.396 e. The van der Waals surface area contributed by atoms with E-state index in [2.05, 4.69) is 52.6 Å². The van der Waals surface area contributed by atoms with Gasteiger partial charge in [-0.25, -0.2) is 0 Å². The first kappa shape index (κ1) is 51.6. The lowest BCUT2D eigenvalue weighted by Crippen LogP contribution is -2.54. The monoisotopic (exact) mass is 846 g/mol. The Hall–Kier alpha value is 0.0169. The van der Waals surface area contributed by atoms with Crippen LogP contribution in [0.5, 0.6) is 0 Å². The van der Waals surface area contributed by atoms with Crippen LogP contribution in [0.25, 0.3) is 0 Å². The molecule has 1 N–H and O–H groups in total. The Balaban J connectivity index is 1.20. The fraction of sp³-hybridized carbons (Fsp3) is 1.00. The van der Waals surface area contributed by atoms with Crippen molar-refractivity contribution in [1.82, 2.24) is 4.90 Å². The molecule has 0 spiro atoms. The van der Waals surface area contributed by atoms with E-state index in [0.29, 0.717) is 23.5 Å². The van der Waals surface area contributed by atoms with E-state index in [1.165, 1.54) is 186 Å². The largest absolute Gasteiger partial charge is 0.396 e. The van der Waals surface area contributed by atoms with Gasteiger partial charge in [0.15, 0.2) is 8.32 Å². The average molecular weight is 846 g/mol. The molecule has 6 unspecified atom stereocenters. The maximum Gasteiger partial charge on any atom is 0.190 e. The molecular formula is C53H103NO4Si. The zero-order chi connectivity index (χ0) is 42.6. The van der Waals surface area contributed by atoms with Crippen LogP contribution < -0.4 is 0 Å². The number of aliphatic hydroxyl groups is 1. The highest BCUT2D eigenvalue weighted by molar-refractivity contribution is 6.71. The molecule has 0 aliphatic heterocycles. The van der Waals surface area contributed by atoms with Crippen LogP contribution in [0.1, 0.15) is 221 Å². The van der Waals surface area contributed by atoms with Gasteiger partial charge < -0.3 is 23.9 Å². The van der Waals surface area contributed by atoms with Gasteiger partial charge in [0.05, 0.1) is 6.10 Å². The molecule has 0 aromatic rings. The van der Waals surface area contributed by atoms with Crippen LogP contribution in [0.3, 0.4) is 0 Å². The Bertz CT molecular complexity index is 1090. The van der Waals surface area contributed by atoms with E-state index in [1.54, 1.807) is 0 Å². The Morgan fingerprint density at radius 1 is 0.661 bits per heavy atom. The maximum atomic E-state index is 9.58. The topological polar surface area (TPSA) is 51.2 Å². The highest BCUT2D eigenvalue weighted by atomic mass is 28.4. The zero-order valence-corrected chi connectivity index (χ0v) is 42.0. The standard InChI is InChI=1S/C53H103NO4Si/c1-9-11-13-15-17-24-41-57-51(58-59(7,8)42-25-18-16-14-12-10-2)28-20-19-21-37-54(38-22-23-40-55)39-26-27-44(3)48-31-32-49-47-30-29-45-43-46(56-6)33-35-52(45,4)50(47)34-36-53(48,49)5/h44-51,55H,9-43H2,1-8H3/t44-,45?,46-,47?,48?,49?,50?,51?,52+,53-/m1/s1. The summed E-state index contributed by atoms with van der Waals surface area (Å²) in [6, 6.07) is 1.26. The van der Waals surface area contributed by atoms with Crippen LogP contribution in [0.4, 0.5) is 0 Å². The number of unbranched alkanes of at least 4 members (excludes halogenated alkanes) is 13. The van der Waals surface area contributed by atoms with Gasteiger partial charge in [0, 0.05) is 20.3 Å². The summed E-state index contributed by atoms with van der Waals surface area (Å²) in [5.41, 5.74) is 1.12. The summed E-state index contributed by atoms with van der Waals surface area (Å²) in [4.78, 5) is 2.75. The van der Waals surface area contributed by atoms with Crippen molar-refractivity contribution in [2.24, 2.45) is 46.3 Å². The maximum absolute atomic E-state index is 9.58. The number of hydrogen-bond acceptors (Lipinski definition) is 5. The summed E-state index contributed by atoms with van der Waals surface area (Å²) in [5.74, 6) is 5.51. The number of hydrogen-bond donors (Lipinski definition) is 1. The summed E-state index contributed by atoms with van der Waals surface area (Å²) in [7, 11) is 0.192. The smallest absolute Gasteiger partial charge is 0.190 e. The van der Waals surface area contributed by atoms with Crippen molar-refractivity contribution < 1.29 is 19.0 Å². The van der Waals surface area contributed by atoms with Crippen molar-refractivity contribution in [3.8, 4) is 0 Å². The van der Waals surface area contributed by atoms with Gasteiger partial charge in [0.1, 0.15) is 6.29 Å². The first-order chi connectivity index (χ1) is 28.5. The molecule has 10 atom stereocenters. The first-order valence-electron chi connectivity index (χ1n) is 26.7. The highest BCUT2D eigenvalue weighted by Crippen LogP contribution is 2.68. The molecule has 348 valence electrons. The quantitative estimate of drug-likeness (QED) is 0.0405. The Kier molecular flexibility index (Phi) is 24.0. The van der Waals surface area contributed by atoms with Crippen molar-refractivity contribution in [3.63, 3.8) is 0 Å². The predicted molar refractivity (Wildman–Crippen MR) is 256 cm³/mol. The Morgan fingerprint density at radius 2 is 1.29 bits per heavy atom. The molecule has 0 radical (unpaired) electrons. The van der Waals surface area contributed by atoms with Crippen molar-refractivity contribution in [1.29, 1.82) is 0 Å². The van der Waals surface area contributed by atoms with Crippen molar-refractivity contribution >= 4 is 8.32 Å². The minimum atomic E-state index is -1.75. The number of rotatable bonds is 33. The molecule has 0 saturated heterocycles. The normalized spacial score (nSPS) is 30.6. The summed E-state index contributed by atoms with van der Waals surface area (Å²) >= 11 is 0. The van der Waals surface area contributed by atoms with Gasteiger partial charge in [0.2, 0.25) is 0 Å². The second-order valence-corrected chi connectivity index (χ2v) is 26.5. The number of aliphatic hydroxyl groups excluding tert-OH is 1. The average Bonchev–Trinajstić information content (AvgIpc) is 3.58. The molecule has 0 aromatic carbocycles. The van der Waals surface area contributed by atoms with Gasteiger partial charge >= 0.3 is 0 Å². The predicted octanol–water partition coefficient (Wildman–Crippen LogP) is 15.0. The van der Waals surface area contributed by atoms with E-state index in [-0.39, 0.29) is 6.29 Å². The molecule has 0 bridgehead atoms. The van der Waals surface area contributed by atoms with Crippen LogP contribution in [0.15, 0.2) is 0 Å². The molecule has 0 aromatic heterocycles. The van der Waals surface area contributed by atoms with Crippen LogP contribution in [-0.2, 0) is 13.9 Å². The Morgan fingerprint density at radius 3 is 2.00 bits per heavy atom. The summed E-state index contributed by atoms with van der Waals surface area (Å²) in [6.45, 7) is 22.3. The van der Waals surface area contributed by atoms with E-state index >= 15 is 0 Å². The SMILES string of the molecule is CCCCCCCCOC(CCCCCN(CCCCO)CCC[C@@H](C)C1CCC2C3CCC4C[C@H](OC)CC[C@]4(C)C3CC[C@@]21C)O[Si](C)(C)CCCCCCCC. The number of methoxy groups -OCH3 is 1. The van der Waals surface area contributed by atoms with Crippen molar-refractivity contribution in [2.45, 2.75) is 252 Å². The number of ether oxygens (including phenoxy) is 2. The summed E-state index contributed by atoms with van der Waals surface area (Å²) < 4.78 is 19.3. The third-order valence-electron chi connectivity index (χ3n) is 17.5. The lowest BCUT2D eigenvalue weighted by molar-refractivity contribution is -0.133. The molecule has 4 rings (SSSR count). The molecule has 5 nitrogen and oxygen atoms in total. The minimum absolute atomic E-state index is 0.0179. The van der Waals surface area contributed by atoms with E-state index in [0.717, 1.165) is 67.9 Å². The molecule has 4 aliphatic rings. The second-order valence-electron chi connectivity index (χ2n) is 22.2. The Labute approximate surface area is 369 Å². The lowest BCUT2D eigenvalue weighted by atomic mass is 9.44. The van der Waals surface area contributed by atoms with Crippen LogP contribution in [0, 0.1) is 46.3 Å². The fourth-order valence-corrected chi connectivity index (χ4v) is 16.0. The zero-order valence-electron chi connectivity index (χ0n) is 41.0. The molecule has 0 heterocycles. The van der Waals surface area contributed by atoms with Gasteiger partial charge in [-0.05, 0) is 194 Å². The van der Waals surface area contributed by atoms with Gasteiger partial charge in [-0.1, -0.05) is 112 Å².